The van der Waals surface area contributed by atoms with E-state index in [1.165, 1.54) is 0 Å². The number of esters is 1. The van der Waals surface area contributed by atoms with Crippen molar-refractivity contribution in [3.05, 3.63) is 29.3 Å². The second-order valence-corrected chi connectivity index (χ2v) is 14.5. The van der Waals surface area contributed by atoms with Crippen molar-refractivity contribution in [2.75, 3.05) is 6.61 Å². The van der Waals surface area contributed by atoms with E-state index in [0.717, 1.165) is 11.3 Å². The standard InChI is InChI=1S/C22H38O3Si/c1-11-24-21(23)19-13-12-18(14-20(19)22(8,9)10)25-26(15(2)3,16(4)5)17(6)7/h12-17H,11H2,1-10H3. The van der Waals surface area contributed by atoms with Crippen LogP contribution in [0.3, 0.4) is 0 Å². The lowest BCUT2D eigenvalue weighted by atomic mass is 9.83. The van der Waals surface area contributed by atoms with Gasteiger partial charge < -0.3 is 9.16 Å². The van der Waals surface area contributed by atoms with Crippen LogP contribution in [0.2, 0.25) is 16.6 Å². The molecule has 0 aliphatic heterocycles. The summed E-state index contributed by atoms with van der Waals surface area (Å²) in [5, 5.41) is 0. The van der Waals surface area contributed by atoms with E-state index in [-0.39, 0.29) is 11.4 Å². The lowest BCUT2D eigenvalue weighted by molar-refractivity contribution is 0.0523. The van der Waals surface area contributed by atoms with E-state index in [1.54, 1.807) is 0 Å². The summed E-state index contributed by atoms with van der Waals surface area (Å²) in [6.07, 6.45) is 0. The Morgan fingerprint density at radius 2 is 1.50 bits per heavy atom. The molecule has 0 N–H and O–H groups in total. The molecule has 0 heterocycles. The van der Waals surface area contributed by atoms with Gasteiger partial charge in [-0.05, 0) is 52.7 Å². The Balaban J connectivity index is 3.44. The van der Waals surface area contributed by atoms with E-state index in [9.17, 15) is 4.79 Å². The van der Waals surface area contributed by atoms with Crippen LogP contribution in [0.1, 0.15) is 85.2 Å². The average Bonchev–Trinajstić information content (AvgIpc) is 2.50. The van der Waals surface area contributed by atoms with Crippen molar-refractivity contribution < 1.29 is 14.0 Å². The molecular formula is C22H38O3Si. The van der Waals surface area contributed by atoms with Gasteiger partial charge in [-0.15, -0.1) is 0 Å². The van der Waals surface area contributed by atoms with Crippen LogP contribution in [0, 0.1) is 0 Å². The van der Waals surface area contributed by atoms with Crippen molar-refractivity contribution >= 4 is 14.3 Å². The minimum absolute atomic E-state index is 0.167. The van der Waals surface area contributed by atoms with Gasteiger partial charge in [0.1, 0.15) is 5.75 Å². The lowest BCUT2D eigenvalue weighted by Crippen LogP contribution is -2.50. The molecule has 0 aliphatic carbocycles. The minimum atomic E-state index is -2.03. The Hall–Kier alpha value is -1.29. The monoisotopic (exact) mass is 378 g/mol. The summed E-state index contributed by atoms with van der Waals surface area (Å²) in [7, 11) is -2.03. The highest BCUT2D eigenvalue weighted by molar-refractivity contribution is 6.78. The topological polar surface area (TPSA) is 35.5 Å². The van der Waals surface area contributed by atoms with E-state index in [4.69, 9.17) is 9.16 Å². The molecule has 0 unspecified atom stereocenters. The molecule has 148 valence electrons. The summed E-state index contributed by atoms with van der Waals surface area (Å²) >= 11 is 0. The summed E-state index contributed by atoms with van der Waals surface area (Å²) in [5.41, 5.74) is 2.96. The normalized spacial score (nSPS) is 12.8. The van der Waals surface area contributed by atoms with Crippen molar-refractivity contribution in [1.29, 1.82) is 0 Å². The van der Waals surface area contributed by atoms with Gasteiger partial charge in [0, 0.05) is 0 Å². The molecule has 0 aliphatic rings. The maximum absolute atomic E-state index is 12.4. The van der Waals surface area contributed by atoms with Crippen molar-refractivity contribution in [3.8, 4) is 5.75 Å². The van der Waals surface area contributed by atoms with Crippen LogP contribution in [0.15, 0.2) is 18.2 Å². The van der Waals surface area contributed by atoms with Crippen LogP contribution in [-0.2, 0) is 10.2 Å². The molecule has 3 nitrogen and oxygen atoms in total. The molecule has 0 amide bonds. The van der Waals surface area contributed by atoms with E-state index in [2.05, 4.69) is 68.4 Å². The van der Waals surface area contributed by atoms with Crippen LogP contribution in [-0.4, -0.2) is 20.9 Å². The van der Waals surface area contributed by atoms with Crippen LogP contribution in [0.25, 0.3) is 0 Å². The highest BCUT2D eigenvalue weighted by Crippen LogP contribution is 2.43. The van der Waals surface area contributed by atoms with E-state index in [0.29, 0.717) is 28.8 Å². The van der Waals surface area contributed by atoms with Gasteiger partial charge in [0.05, 0.1) is 12.2 Å². The van der Waals surface area contributed by atoms with Gasteiger partial charge in [0.15, 0.2) is 0 Å². The first kappa shape index (κ1) is 22.7. The number of hydrogen-bond donors (Lipinski definition) is 0. The molecule has 4 heteroatoms. The van der Waals surface area contributed by atoms with Crippen LogP contribution < -0.4 is 4.43 Å². The summed E-state index contributed by atoms with van der Waals surface area (Å²) in [6.45, 7) is 22.3. The quantitative estimate of drug-likeness (QED) is 0.390. The molecular weight excluding hydrogens is 340 g/mol. The predicted octanol–water partition coefficient (Wildman–Crippen LogP) is 6.72. The molecule has 1 rings (SSSR count). The third kappa shape index (κ3) is 4.70. The molecule has 0 saturated heterocycles. The van der Waals surface area contributed by atoms with Gasteiger partial charge in [-0.25, -0.2) is 4.79 Å². The average molecular weight is 379 g/mol. The van der Waals surface area contributed by atoms with Crippen molar-refractivity contribution in [3.63, 3.8) is 0 Å². The smallest absolute Gasteiger partial charge is 0.338 e. The summed E-state index contributed by atoms with van der Waals surface area (Å²) < 4.78 is 12.1. The van der Waals surface area contributed by atoms with Gasteiger partial charge in [-0.2, -0.15) is 0 Å². The first-order valence-electron chi connectivity index (χ1n) is 9.88. The van der Waals surface area contributed by atoms with Crippen molar-refractivity contribution in [2.24, 2.45) is 0 Å². The summed E-state index contributed by atoms with van der Waals surface area (Å²) in [4.78, 5) is 12.4. The van der Waals surface area contributed by atoms with E-state index in [1.807, 2.05) is 19.1 Å². The van der Waals surface area contributed by atoms with Gasteiger partial charge in [-0.3, -0.25) is 0 Å². The summed E-state index contributed by atoms with van der Waals surface area (Å²) in [6, 6.07) is 5.87. The predicted molar refractivity (Wildman–Crippen MR) is 113 cm³/mol. The second kappa shape index (κ2) is 8.60. The fraction of sp³-hybridized carbons (Fsp3) is 0.682. The summed E-state index contributed by atoms with van der Waals surface area (Å²) in [5.74, 6) is 0.620. The zero-order chi connectivity index (χ0) is 20.3. The third-order valence-corrected chi connectivity index (χ3v) is 11.3. The van der Waals surface area contributed by atoms with Gasteiger partial charge in [-0.1, -0.05) is 62.3 Å². The maximum Gasteiger partial charge on any atom is 0.338 e. The first-order chi connectivity index (χ1) is 11.9. The molecule has 1 aromatic carbocycles. The first-order valence-corrected chi connectivity index (χ1v) is 12.0. The fourth-order valence-corrected chi connectivity index (χ4v) is 9.39. The molecule has 0 fully saturated rings. The Morgan fingerprint density at radius 3 is 1.88 bits per heavy atom. The molecule has 0 saturated carbocycles. The fourth-order valence-electron chi connectivity index (χ4n) is 4.15. The number of hydrogen-bond acceptors (Lipinski definition) is 3. The molecule has 1 aromatic rings. The number of benzene rings is 1. The molecule has 0 aromatic heterocycles. The Kier molecular flexibility index (Phi) is 7.52. The highest BCUT2D eigenvalue weighted by atomic mass is 28.4. The van der Waals surface area contributed by atoms with Gasteiger partial charge in [0.2, 0.25) is 0 Å². The number of rotatable bonds is 7. The molecule has 26 heavy (non-hydrogen) atoms. The van der Waals surface area contributed by atoms with Crippen LogP contribution in [0.4, 0.5) is 0 Å². The van der Waals surface area contributed by atoms with Crippen LogP contribution >= 0.6 is 0 Å². The Bertz CT molecular complexity index is 591. The van der Waals surface area contributed by atoms with Gasteiger partial charge >= 0.3 is 5.97 Å². The van der Waals surface area contributed by atoms with E-state index >= 15 is 0 Å². The van der Waals surface area contributed by atoms with E-state index < -0.39 is 8.32 Å². The van der Waals surface area contributed by atoms with Crippen LogP contribution in [0.5, 0.6) is 5.75 Å². The van der Waals surface area contributed by atoms with Crippen molar-refractivity contribution in [1.82, 2.24) is 0 Å². The second-order valence-electron chi connectivity index (χ2n) is 9.10. The maximum atomic E-state index is 12.4. The minimum Gasteiger partial charge on any atom is -0.543 e. The molecule has 0 radical (unpaired) electrons. The SMILES string of the molecule is CCOC(=O)c1ccc(O[Si](C(C)C)(C(C)C)C(C)C)cc1C(C)(C)C. The van der Waals surface area contributed by atoms with Crippen molar-refractivity contribution in [2.45, 2.75) is 91.3 Å². The number of ether oxygens (including phenoxy) is 1. The zero-order valence-electron chi connectivity index (χ0n) is 18.4. The Labute approximate surface area is 161 Å². The molecule has 0 spiro atoms. The largest absolute Gasteiger partial charge is 0.543 e. The molecule has 0 bridgehead atoms. The van der Waals surface area contributed by atoms with Gasteiger partial charge in [0.25, 0.3) is 8.32 Å². The zero-order valence-corrected chi connectivity index (χ0v) is 19.4. The number of carbonyl (C=O) groups is 1. The highest BCUT2D eigenvalue weighted by Gasteiger charge is 2.47. The third-order valence-electron chi connectivity index (χ3n) is 5.30. The Morgan fingerprint density at radius 1 is 1.00 bits per heavy atom. The lowest BCUT2D eigenvalue weighted by Gasteiger charge is -2.42. The molecule has 0 atom stereocenters. The number of carbonyl (C=O) groups excluding carboxylic acids is 1.